The summed E-state index contributed by atoms with van der Waals surface area (Å²) in [5.41, 5.74) is 0. The molecule has 9 atom stereocenters. The predicted molar refractivity (Wildman–Crippen MR) is 340 cm³/mol. The van der Waals surface area contributed by atoms with E-state index in [4.69, 9.17) is 9.47 Å². The van der Waals surface area contributed by atoms with Gasteiger partial charge in [0.1, 0.15) is 36.6 Å². The maximum atomic E-state index is 13.3. The molecule has 1 fully saturated rings. The van der Waals surface area contributed by atoms with Crippen LogP contribution in [0.2, 0.25) is 0 Å². The van der Waals surface area contributed by atoms with Crippen LogP contribution in [0.3, 0.4) is 0 Å². The smallest absolute Gasteiger partial charge is 0.249 e. The van der Waals surface area contributed by atoms with Gasteiger partial charge in [-0.15, -0.1) is 0 Å². The zero-order chi connectivity index (χ0) is 58.9. The number of ether oxygens (including phenoxy) is 2. The second kappa shape index (κ2) is 59.4. The molecule has 0 aromatic rings. The second-order valence-corrected chi connectivity index (χ2v) is 25.7. The number of hydrogen-bond acceptors (Lipinski definition) is 10. The van der Waals surface area contributed by atoms with E-state index in [1.54, 1.807) is 0 Å². The van der Waals surface area contributed by atoms with Crippen molar-refractivity contribution in [2.24, 2.45) is 0 Å². The first-order chi connectivity index (χ1) is 39.7. The van der Waals surface area contributed by atoms with Gasteiger partial charge in [-0.3, -0.25) is 4.79 Å². The summed E-state index contributed by atoms with van der Waals surface area (Å²) >= 11 is 0. The predicted octanol–water partition coefficient (Wildman–Crippen LogP) is 17.3. The molecule has 11 heteroatoms. The average Bonchev–Trinajstić information content (AvgIpc) is 3.51. The lowest BCUT2D eigenvalue weighted by molar-refractivity contribution is -0.303. The van der Waals surface area contributed by atoms with Gasteiger partial charge in [0, 0.05) is 0 Å². The third-order valence-electron chi connectivity index (χ3n) is 17.9. The fraction of sp³-hybridized carbons (Fsp3) is 0.986. The minimum absolute atomic E-state index is 0.268. The van der Waals surface area contributed by atoms with Gasteiger partial charge in [-0.1, -0.05) is 361 Å². The van der Waals surface area contributed by atoms with E-state index in [0.717, 1.165) is 38.5 Å². The van der Waals surface area contributed by atoms with Crippen molar-refractivity contribution >= 4 is 5.91 Å². The average molecular weight is 1150 g/mol. The number of aliphatic hydroxyl groups is 7. The zero-order valence-corrected chi connectivity index (χ0v) is 53.6. The molecule has 81 heavy (non-hydrogen) atoms. The molecule has 1 saturated heterocycles. The van der Waals surface area contributed by atoms with E-state index in [1.165, 1.54) is 295 Å². The highest BCUT2D eigenvalue weighted by Gasteiger charge is 2.44. The maximum Gasteiger partial charge on any atom is 0.249 e. The summed E-state index contributed by atoms with van der Waals surface area (Å²) in [7, 11) is 0. The van der Waals surface area contributed by atoms with Crippen LogP contribution in [-0.2, 0) is 14.3 Å². The van der Waals surface area contributed by atoms with Crippen molar-refractivity contribution in [2.75, 3.05) is 13.2 Å². The van der Waals surface area contributed by atoms with E-state index < -0.39 is 74.2 Å². The van der Waals surface area contributed by atoms with E-state index in [0.29, 0.717) is 19.3 Å². The molecule has 8 N–H and O–H groups in total. The molecule has 484 valence electrons. The van der Waals surface area contributed by atoms with E-state index in [1.807, 2.05) is 0 Å². The molecule has 1 amide bonds. The van der Waals surface area contributed by atoms with Crippen LogP contribution >= 0.6 is 0 Å². The molecule has 0 aromatic carbocycles. The van der Waals surface area contributed by atoms with Gasteiger partial charge in [-0.2, -0.15) is 0 Å². The number of carbonyl (C=O) groups excluding carboxylic acids is 1. The topological polar surface area (TPSA) is 189 Å². The number of unbranched alkanes of at least 4 members (excludes halogenated alkanes) is 52. The highest BCUT2D eigenvalue weighted by molar-refractivity contribution is 5.80. The first kappa shape index (κ1) is 78.1. The van der Waals surface area contributed by atoms with Crippen LogP contribution in [0.15, 0.2) is 0 Å². The molecule has 0 spiro atoms. The molecule has 0 aliphatic carbocycles. The standard InChI is InChI=1S/C70H139NO10/c1-3-5-7-9-11-13-15-17-19-21-23-25-27-29-31-32-34-36-38-40-42-44-46-48-50-52-54-56-58-63(74)69(79)71-61(60-80-70-68(78)67(77)66(76)64(59-72)81-70)65(75)62(73)57-55-53-51-49-47-45-43-41-39-37-35-33-30-28-26-24-22-20-18-16-14-12-10-8-6-4-2/h61-68,70,72-78H,3-60H2,1-2H3,(H,71,79). The third-order valence-corrected chi connectivity index (χ3v) is 17.9. The second-order valence-electron chi connectivity index (χ2n) is 25.7. The molecule has 0 radical (unpaired) electrons. The monoisotopic (exact) mass is 1150 g/mol. The van der Waals surface area contributed by atoms with Crippen molar-refractivity contribution < 1.29 is 50.0 Å². The summed E-state index contributed by atoms with van der Waals surface area (Å²) in [6, 6.07) is -1.16. The molecule has 0 bridgehead atoms. The van der Waals surface area contributed by atoms with Crippen LogP contribution < -0.4 is 5.32 Å². The molecular formula is C70H139NO10. The Hall–Kier alpha value is -0.890. The van der Waals surface area contributed by atoms with Crippen molar-refractivity contribution in [2.45, 2.75) is 428 Å². The highest BCUT2D eigenvalue weighted by atomic mass is 16.7. The van der Waals surface area contributed by atoms with Gasteiger partial charge in [0.25, 0.3) is 0 Å². The van der Waals surface area contributed by atoms with Gasteiger partial charge < -0.3 is 50.5 Å². The number of hydrogen-bond donors (Lipinski definition) is 8. The van der Waals surface area contributed by atoms with Crippen LogP contribution in [0.4, 0.5) is 0 Å². The van der Waals surface area contributed by atoms with E-state index >= 15 is 0 Å². The van der Waals surface area contributed by atoms with Crippen molar-refractivity contribution in [1.29, 1.82) is 0 Å². The molecule has 1 aliphatic heterocycles. The molecular weight excluding hydrogens is 1010 g/mol. The molecule has 9 unspecified atom stereocenters. The van der Waals surface area contributed by atoms with Crippen LogP contribution in [0.1, 0.15) is 373 Å². The Kier molecular flexibility index (Phi) is 57.3. The molecule has 0 aromatic heterocycles. The van der Waals surface area contributed by atoms with Gasteiger partial charge in [0.15, 0.2) is 6.29 Å². The van der Waals surface area contributed by atoms with Crippen LogP contribution in [-0.4, -0.2) is 110 Å². The van der Waals surface area contributed by atoms with Crippen molar-refractivity contribution in [3.8, 4) is 0 Å². The normalized spacial score (nSPS) is 19.0. The summed E-state index contributed by atoms with van der Waals surface area (Å²) in [6.45, 7) is 3.53. The summed E-state index contributed by atoms with van der Waals surface area (Å²) in [6.07, 6.45) is 60.4. The largest absolute Gasteiger partial charge is 0.394 e. The number of aliphatic hydroxyl groups excluding tert-OH is 7. The third kappa shape index (κ3) is 46.9. The van der Waals surface area contributed by atoms with E-state index in [-0.39, 0.29) is 6.42 Å². The van der Waals surface area contributed by atoms with Crippen LogP contribution in [0, 0.1) is 0 Å². The van der Waals surface area contributed by atoms with E-state index in [9.17, 15) is 40.5 Å². The summed E-state index contributed by atoms with van der Waals surface area (Å²) in [5.74, 6) is -0.686. The maximum absolute atomic E-state index is 13.3. The Morgan fingerprint density at radius 1 is 0.383 bits per heavy atom. The van der Waals surface area contributed by atoms with Crippen LogP contribution in [0.25, 0.3) is 0 Å². The molecule has 11 nitrogen and oxygen atoms in total. The van der Waals surface area contributed by atoms with Crippen molar-refractivity contribution in [3.05, 3.63) is 0 Å². The molecule has 0 saturated carbocycles. The van der Waals surface area contributed by atoms with Gasteiger partial charge in [-0.25, -0.2) is 0 Å². The number of rotatable bonds is 64. The lowest BCUT2D eigenvalue weighted by Gasteiger charge is -2.40. The lowest BCUT2D eigenvalue weighted by Crippen LogP contribution is -2.60. The SMILES string of the molecule is CCCCCCCCCCCCCCCCCCCCCCCCCCCCCCC(O)C(=O)NC(COC1OC(CO)C(O)C(O)C1O)C(O)C(O)CCCCCCCCCCCCCCCCCCCCCCCCCCCC. The Morgan fingerprint density at radius 2 is 0.642 bits per heavy atom. The Bertz CT molecular complexity index is 1280. The highest BCUT2D eigenvalue weighted by Crippen LogP contribution is 2.24. The fourth-order valence-electron chi connectivity index (χ4n) is 12.2. The zero-order valence-electron chi connectivity index (χ0n) is 53.6. The summed E-state index contributed by atoms with van der Waals surface area (Å²) in [5, 5.41) is 76.6. The minimum Gasteiger partial charge on any atom is -0.394 e. The molecule has 1 heterocycles. The van der Waals surface area contributed by atoms with E-state index in [2.05, 4.69) is 19.2 Å². The first-order valence-corrected chi connectivity index (χ1v) is 35.9. The first-order valence-electron chi connectivity index (χ1n) is 35.9. The number of amides is 1. The fourth-order valence-corrected chi connectivity index (χ4v) is 12.2. The van der Waals surface area contributed by atoms with Gasteiger partial charge in [0.2, 0.25) is 5.91 Å². The molecule has 1 aliphatic rings. The van der Waals surface area contributed by atoms with Gasteiger partial charge >= 0.3 is 0 Å². The Morgan fingerprint density at radius 3 is 0.914 bits per heavy atom. The van der Waals surface area contributed by atoms with Crippen molar-refractivity contribution in [1.82, 2.24) is 5.32 Å². The van der Waals surface area contributed by atoms with Gasteiger partial charge in [-0.05, 0) is 12.8 Å². The quantitative estimate of drug-likeness (QED) is 0.0272. The van der Waals surface area contributed by atoms with Crippen LogP contribution in [0.5, 0.6) is 0 Å². The Labute approximate surface area is 500 Å². The Balaban J connectivity index is 2.18. The summed E-state index contributed by atoms with van der Waals surface area (Å²) in [4.78, 5) is 13.3. The lowest BCUT2D eigenvalue weighted by atomic mass is 9.98. The number of carbonyl (C=O) groups is 1. The van der Waals surface area contributed by atoms with Gasteiger partial charge in [0.05, 0.1) is 25.4 Å². The molecule has 1 rings (SSSR count). The number of nitrogens with one attached hydrogen (secondary N) is 1. The minimum atomic E-state index is -1.66. The van der Waals surface area contributed by atoms with Crippen molar-refractivity contribution in [3.63, 3.8) is 0 Å². The summed E-state index contributed by atoms with van der Waals surface area (Å²) < 4.78 is 11.2.